The zero-order chi connectivity index (χ0) is 15.3. The molecule has 6 nitrogen and oxygen atoms in total. The van der Waals surface area contributed by atoms with Gasteiger partial charge in [0.1, 0.15) is 12.2 Å². The number of rotatable bonds is 7. The van der Waals surface area contributed by atoms with Gasteiger partial charge in [0.15, 0.2) is 6.10 Å². The first-order valence-corrected chi connectivity index (χ1v) is 6.96. The van der Waals surface area contributed by atoms with Crippen LogP contribution in [0.25, 0.3) is 0 Å². The van der Waals surface area contributed by atoms with E-state index in [-0.39, 0.29) is 12.0 Å². The number of carbonyl (C=O) groups is 2. The van der Waals surface area contributed by atoms with Gasteiger partial charge in [-0.15, -0.1) is 0 Å². The molecule has 0 radical (unpaired) electrons. The van der Waals surface area contributed by atoms with E-state index >= 15 is 0 Å². The van der Waals surface area contributed by atoms with E-state index < -0.39 is 30.2 Å². The summed E-state index contributed by atoms with van der Waals surface area (Å²) in [5, 5.41) is 20.0. The fraction of sp³-hybridized carbons (Fsp3) is 0.714. The number of ether oxygens (including phenoxy) is 1. The predicted octanol–water partition coefficient (Wildman–Crippen LogP) is 0.228. The summed E-state index contributed by atoms with van der Waals surface area (Å²) < 4.78 is 4.89. The van der Waals surface area contributed by atoms with Crippen LogP contribution in [0.1, 0.15) is 33.1 Å². The van der Waals surface area contributed by atoms with Crippen LogP contribution in [0.4, 0.5) is 0 Å². The van der Waals surface area contributed by atoms with Gasteiger partial charge < -0.3 is 19.8 Å². The number of nitrogens with zero attached hydrogens (tertiary/aromatic N) is 1. The molecule has 0 aromatic heterocycles. The maximum Gasteiger partial charge on any atom is 0.333 e. The zero-order valence-corrected chi connectivity index (χ0v) is 12.0. The Morgan fingerprint density at radius 2 is 1.95 bits per heavy atom. The second kappa shape index (κ2) is 7.40. The van der Waals surface area contributed by atoms with Gasteiger partial charge >= 0.3 is 5.97 Å². The minimum absolute atomic E-state index is 0.131. The molecule has 2 N–H and O–H groups in total. The minimum atomic E-state index is -1.59. The summed E-state index contributed by atoms with van der Waals surface area (Å²) in [4.78, 5) is 24.9. The lowest BCUT2D eigenvalue weighted by molar-refractivity contribution is -0.158. The summed E-state index contributed by atoms with van der Waals surface area (Å²) in [7, 11) is 0. The molecule has 0 aromatic rings. The number of aliphatic hydroxyl groups excluding tert-OH is 2. The van der Waals surface area contributed by atoms with Crippen molar-refractivity contribution < 1.29 is 24.5 Å². The second-order valence-electron chi connectivity index (χ2n) is 5.01. The minimum Gasteiger partial charge on any atom is -0.456 e. The number of hydrogen-bond acceptors (Lipinski definition) is 5. The van der Waals surface area contributed by atoms with Crippen LogP contribution in [0.3, 0.4) is 0 Å². The molecule has 6 heteroatoms. The fourth-order valence-corrected chi connectivity index (χ4v) is 2.19. The molecule has 1 fully saturated rings. The highest BCUT2D eigenvalue weighted by molar-refractivity contribution is 5.90. The van der Waals surface area contributed by atoms with Crippen molar-refractivity contribution in [1.29, 1.82) is 0 Å². The smallest absolute Gasteiger partial charge is 0.333 e. The summed E-state index contributed by atoms with van der Waals surface area (Å²) in [6.45, 7) is 8.41. The lowest BCUT2D eigenvalue weighted by Gasteiger charge is -2.28. The Kier molecular flexibility index (Phi) is 6.16. The van der Waals surface area contributed by atoms with Crippen molar-refractivity contribution in [2.24, 2.45) is 0 Å². The van der Waals surface area contributed by atoms with E-state index in [4.69, 9.17) is 4.74 Å². The highest BCUT2D eigenvalue weighted by Gasteiger charge is 2.40. The van der Waals surface area contributed by atoms with Crippen LogP contribution in [0.5, 0.6) is 0 Å². The molecule has 1 saturated heterocycles. The summed E-state index contributed by atoms with van der Waals surface area (Å²) in [6.07, 6.45) is -2.25. The van der Waals surface area contributed by atoms with Gasteiger partial charge in [-0.1, -0.05) is 20.4 Å². The molecule has 1 aliphatic heterocycles. The maximum atomic E-state index is 12.1. The molecule has 0 saturated carbocycles. The summed E-state index contributed by atoms with van der Waals surface area (Å²) in [5.74, 6) is -1.12. The Labute approximate surface area is 119 Å². The van der Waals surface area contributed by atoms with Gasteiger partial charge in [0.05, 0.1) is 0 Å². The van der Waals surface area contributed by atoms with Crippen LogP contribution in [-0.4, -0.2) is 58.4 Å². The van der Waals surface area contributed by atoms with Crippen molar-refractivity contribution in [3.63, 3.8) is 0 Å². The number of cyclic esters (lactones) is 1. The molecule has 114 valence electrons. The average Bonchev–Trinajstić information content (AvgIpc) is 2.76. The highest BCUT2D eigenvalue weighted by Crippen LogP contribution is 2.23. The number of aliphatic hydroxyl groups is 2. The van der Waals surface area contributed by atoms with Crippen LogP contribution in [0.15, 0.2) is 12.2 Å². The van der Waals surface area contributed by atoms with E-state index in [1.54, 1.807) is 0 Å². The van der Waals surface area contributed by atoms with Crippen LogP contribution in [-0.2, 0) is 14.3 Å². The SMILES string of the molecule is C=C1C[C@@H]([C@@H](O)[C@@H](O)C(=O)N(CCC)CCC)OC1=O. The summed E-state index contributed by atoms with van der Waals surface area (Å²) in [6, 6.07) is 0. The average molecular weight is 285 g/mol. The van der Waals surface area contributed by atoms with E-state index in [0.29, 0.717) is 13.1 Å². The standard InChI is InChI=1S/C14H23NO5/c1-4-6-15(7-5-2)13(18)12(17)11(16)10-8-9(3)14(19)20-10/h10-12,16-17H,3-8H2,1-2H3/t10-,11+,12+/m0/s1. The molecule has 0 bridgehead atoms. The lowest BCUT2D eigenvalue weighted by atomic mass is 10.0. The van der Waals surface area contributed by atoms with E-state index in [2.05, 4.69) is 6.58 Å². The van der Waals surface area contributed by atoms with Crippen molar-refractivity contribution in [3.8, 4) is 0 Å². The third-order valence-electron chi connectivity index (χ3n) is 3.25. The Balaban J connectivity index is 2.67. The summed E-state index contributed by atoms with van der Waals surface area (Å²) >= 11 is 0. The van der Waals surface area contributed by atoms with Crippen molar-refractivity contribution >= 4 is 11.9 Å². The third kappa shape index (κ3) is 3.80. The van der Waals surface area contributed by atoms with Gasteiger partial charge in [-0.2, -0.15) is 0 Å². The molecule has 3 atom stereocenters. The monoisotopic (exact) mass is 285 g/mol. The molecule has 0 aromatic carbocycles. The molecule has 1 rings (SSSR count). The van der Waals surface area contributed by atoms with E-state index in [0.717, 1.165) is 12.8 Å². The van der Waals surface area contributed by atoms with Crippen LogP contribution in [0, 0.1) is 0 Å². The third-order valence-corrected chi connectivity index (χ3v) is 3.25. The van der Waals surface area contributed by atoms with Crippen LogP contribution in [0.2, 0.25) is 0 Å². The van der Waals surface area contributed by atoms with Gasteiger partial charge in [-0.05, 0) is 12.8 Å². The first kappa shape index (κ1) is 16.7. The number of esters is 1. The molecular weight excluding hydrogens is 262 g/mol. The van der Waals surface area contributed by atoms with Crippen molar-refractivity contribution in [3.05, 3.63) is 12.2 Å². The topological polar surface area (TPSA) is 87.1 Å². The molecule has 0 aliphatic carbocycles. The number of amides is 1. The number of carbonyl (C=O) groups excluding carboxylic acids is 2. The van der Waals surface area contributed by atoms with Gasteiger partial charge in [-0.3, -0.25) is 4.79 Å². The first-order valence-electron chi connectivity index (χ1n) is 6.96. The van der Waals surface area contributed by atoms with E-state index in [9.17, 15) is 19.8 Å². The first-order chi connectivity index (χ1) is 9.42. The Bertz CT molecular complexity index is 360. The largest absolute Gasteiger partial charge is 0.456 e. The molecule has 1 aliphatic rings. The van der Waals surface area contributed by atoms with Gasteiger partial charge in [0.25, 0.3) is 5.91 Å². The van der Waals surface area contributed by atoms with E-state index in [1.807, 2.05) is 13.8 Å². The molecule has 0 unspecified atom stereocenters. The molecular formula is C14H23NO5. The lowest BCUT2D eigenvalue weighted by Crippen LogP contribution is -2.49. The Morgan fingerprint density at radius 3 is 2.35 bits per heavy atom. The van der Waals surface area contributed by atoms with Crippen molar-refractivity contribution in [2.45, 2.75) is 51.4 Å². The normalized spacial score (nSPS) is 21.5. The molecule has 20 heavy (non-hydrogen) atoms. The van der Waals surface area contributed by atoms with Gasteiger partial charge in [0.2, 0.25) is 0 Å². The predicted molar refractivity (Wildman–Crippen MR) is 72.8 cm³/mol. The molecule has 1 amide bonds. The van der Waals surface area contributed by atoms with Crippen LogP contribution < -0.4 is 0 Å². The zero-order valence-electron chi connectivity index (χ0n) is 12.0. The molecule has 1 heterocycles. The van der Waals surface area contributed by atoms with Crippen molar-refractivity contribution in [1.82, 2.24) is 4.90 Å². The Hall–Kier alpha value is -1.40. The molecule has 0 spiro atoms. The maximum absolute atomic E-state index is 12.1. The van der Waals surface area contributed by atoms with Crippen molar-refractivity contribution in [2.75, 3.05) is 13.1 Å². The Morgan fingerprint density at radius 1 is 1.40 bits per heavy atom. The highest BCUT2D eigenvalue weighted by atomic mass is 16.6. The number of hydrogen-bond donors (Lipinski definition) is 2. The van der Waals surface area contributed by atoms with Gasteiger partial charge in [0, 0.05) is 25.1 Å². The van der Waals surface area contributed by atoms with Crippen LogP contribution >= 0.6 is 0 Å². The van der Waals surface area contributed by atoms with Gasteiger partial charge in [-0.25, -0.2) is 4.79 Å². The second-order valence-corrected chi connectivity index (χ2v) is 5.01. The summed E-state index contributed by atoms with van der Waals surface area (Å²) in [5.41, 5.74) is 0.243. The van der Waals surface area contributed by atoms with E-state index in [1.165, 1.54) is 4.90 Å². The fourth-order valence-electron chi connectivity index (χ4n) is 2.19. The quantitative estimate of drug-likeness (QED) is 0.516.